The fraction of sp³-hybridized carbons (Fsp3) is 0.533. The Hall–Kier alpha value is -1.49. The molecule has 3 nitrogen and oxygen atoms in total. The van der Waals surface area contributed by atoms with Gasteiger partial charge in [0.05, 0.1) is 12.2 Å². The number of carbonyl (C=O) groups is 1. The molecule has 0 aliphatic heterocycles. The summed E-state index contributed by atoms with van der Waals surface area (Å²) < 4.78 is 26.8. The monoisotopic (exact) mass is 285 g/mol. The van der Waals surface area contributed by atoms with Crippen LogP contribution in [0.3, 0.4) is 0 Å². The number of amides is 1. The van der Waals surface area contributed by atoms with Crippen molar-refractivity contribution >= 4 is 5.91 Å². The molecule has 0 radical (unpaired) electrons. The number of aliphatic hydroxyl groups excluding tert-OH is 1. The second kappa shape index (κ2) is 6.79. The second-order valence-electron chi connectivity index (χ2n) is 5.13. The number of aryl methyl sites for hydroxylation is 1. The predicted octanol–water partition coefficient (Wildman–Crippen LogP) is 2.80. The highest BCUT2D eigenvalue weighted by Crippen LogP contribution is 2.24. The van der Waals surface area contributed by atoms with Gasteiger partial charge in [-0.05, 0) is 31.4 Å². The third-order valence-electron chi connectivity index (χ3n) is 3.95. The van der Waals surface area contributed by atoms with Crippen molar-refractivity contribution in [1.29, 1.82) is 0 Å². The van der Waals surface area contributed by atoms with Crippen LogP contribution < -0.4 is 5.32 Å². The molecule has 0 aromatic heterocycles. The van der Waals surface area contributed by atoms with Gasteiger partial charge < -0.3 is 10.4 Å². The summed E-state index contributed by atoms with van der Waals surface area (Å²) in [5.74, 6) is -2.15. The molecule has 0 aliphatic rings. The van der Waals surface area contributed by atoms with Crippen LogP contribution in [0.2, 0.25) is 0 Å². The molecular formula is C15H21F2NO2. The van der Waals surface area contributed by atoms with Crippen molar-refractivity contribution in [2.45, 2.75) is 33.6 Å². The topological polar surface area (TPSA) is 49.3 Å². The van der Waals surface area contributed by atoms with E-state index in [1.54, 1.807) is 0 Å². The molecule has 1 aromatic rings. The molecule has 0 heterocycles. The standard InChI is InChI=1S/C15H21F2NO2/c1-4-15(5-2,9-19)8-18-14(20)11-6-10(3)12(16)7-13(11)17/h6-7,19H,4-5,8-9H2,1-3H3,(H,18,20). The molecule has 0 saturated heterocycles. The van der Waals surface area contributed by atoms with Crippen LogP contribution in [0.25, 0.3) is 0 Å². The first-order valence-electron chi connectivity index (χ1n) is 6.73. The Morgan fingerprint density at radius 1 is 1.25 bits per heavy atom. The molecule has 0 saturated carbocycles. The summed E-state index contributed by atoms with van der Waals surface area (Å²) in [4.78, 5) is 12.0. The number of carbonyl (C=O) groups excluding carboxylic acids is 1. The first-order valence-corrected chi connectivity index (χ1v) is 6.73. The first kappa shape index (κ1) is 16.6. The van der Waals surface area contributed by atoms with Gasteiger partial charge >= 0.3 is 0 Å². The molecule has 0 unspecified atom stereocenters. The van der Waals surface area contributed by atoms with E-state index >= 15 is 0 Å². The minimum Gasteiger partial charge on any atom is -0.396 e. The maximum absolute atomic E-state index is 13.6. The number of hydrogen-bond donors (Lipinski definition) is 2. The maximum Gasteiger partial charge on any atom is 0.254 e. The van der Waals surface area contributed by atoms with Gasteiger partial charge in [0.15, 0.2) is 0 Å². The summed E-state index contributed by atoms with van der Waals surface area (Å²) in [7, 11) is 0. The Morgan fingerprint density at radius 3 is 2.35 bits per heavy atom. The van der Waals surface area contributed by atoms with E-state index in [1.807, 2.05) is 13.8 Å². The third-order valence-corrected chi connectivity index (χ3v) is 3.95. The lowest BCUT2D eigenvalue weighted by Gasteiger charge is -2.29. The van der Waals surface area contributed by atoms with Crippen LogP contribution in [0.1, 0.15) is 42.6 Å². The van der Waals surface area contributed by atoms with E-state index in [4.69, 9.17) is 0 Å². The lowest BCUT2D eigenvalue weighted by molar-refractivity contribution is 0.0847. The zero-order valence-electron chi connectivity index (χ0n) is 12.1. The van der Waals surface area contributed by atoms with Crippen molar-refractivity contribution < 1.29 is 18.7 Å². The molecule has 112 valence electrons. The molecule has 20 heavy (non-hydrogen) atoms. The van der Waals surface area contributed by atoms with Crippen molar-refractivity contribution in [3.8, 4) is 0 Å². The fourth-order valence-electron chi connectivity index (χ4n) is 1.97. The van der Waals surface area contributed by atoms with Crippen LogP contribution in [0.5, 0.6) is 0 Å². The predicted molar refractivity (Wildman–Crippen MR) is 73.5 cm³/mol. The average Bonchev–Trinajstić information content (AvgIpc) is 2.44. The Balaban J connectivity index is 2.85. The highest BCUT2D eigenvalue weighted by atomic mass is 19.1. The van der Waals surface area contributed by atoms with Gasteiger partial charge in [0.1, 0.15) is 11.6 Å². The van der Waals surface area contributed by atoms with Gasteiger partial charge in [-0.15, -0.1) is 0 Å². The van der Waals surface area contributed by atoms with E-state index in [9.17, 15) is 18.7 Å². The highest BCUT2D eigenvalue weighted by Gasteiger charge is 2.26. The van der Waals surface area contributed by atoms with Crippen LogP contribution in [0.4, 0.5) is 8.78 Å². The molecule has 1 aromatic carbocycles. The molecular weight excluding hydrogens is 264 g/mol. The smallest absolute Gasteiger partial charge is 0.254 e. The van der Waals surface area contributed by atoms with Gasteiger partial charge in [-0.2, -0.15) is 0 Å². The van der Waals surface area contributed by atoms with Crippen molar-refractivity contribution in [3.63, 3.8) is 0 Å². The molecule has 5 heteroatoms. The van der Waals surface area contributed by atoms with E-state index in [0.29, 0.717) is 18.9 Å². The van der Waals surface area contributed by atoms with E-state index in [0.717, 1.165) is 0 Å². The fourth-order valence-corrected chi connectivity index (χ4v) is 1.97. The number of benzene rings is 1. The molecule has 2 N–H and O–H groups in total. The van der Waals surface area contributed by atoms with Crippen LogP contribution in [0, 0.1) is 24.0 Å². The minimum atomic E-state index is -0.881. The molecule has 0 aliphatic carbocycles. The van der Waals surface area contributed by atoms with Crippen LogP contribution in [-0.2, 0) is 0 Å². The normalized spacial score (nSPS) is 11.5. The van der Waals surface area contributed by atoms with Crippen LogP contribution in [0.15, 0.2) is 12.1 Å². The quantitative estimate of drug-likeness (QED) is 0.844. The first-order chi connectivity index (χ1) is 9.39. The Kier molecular flexibility index (Phi) is 5.62. The SMILES string of the molecule is CCC(CC)(CO)CNC(=O)c1cc(C)c(F)cc1F. The Bertz CT molecular complexity index is 477. The number of aliphatic hydroxyl groups is 1. The van der Waals surface area contributed by atoms with Gasteiger partial charge in [-0.1, -0.05) is 13.8 Å². The molecule has 0 atom stereocenters. The third kappa shape index (κ3) is 3.54. The van der Waals surface area contributed by atoms with Gasteiger partial charge in [-0.25, -0.2) is 8.78 Å². The summed E-state index contributed by atoms with van der Waals surface area (Å²) >= 11 is 0. The number of rotatable bonds is 6. The van der Waals surface area contributed by atoms with Crippen molar-refractivity contribution in [2.24, 2.45) is 5.41 Å². The van der Waals surface area contributed by atoms with Gasteiger partial charge in [-0.3, -0.25) is 4.79 Å². The molecule has 0 fully saturated rings. The second-order valence-corrected chi connectivity index (χ2v) is 5.13. The highest BCUT2D eigenvalue weighted by molar-refractivity contribution is 5.94. The van der Waals surface area contributed by atoms with Crippen LogP contribution in [-0.4, -0.2) is 24.2 Å². The summed E-state index contributed by atoms with van der Waals surface area (Å²) in [6.45, 7) is 5.53. The largest absolute Gasteiger partial charge is 0.396 e. The molecule has 1 rings (SSSR count). The summed E-state index contributed by atoms with van der Waals surface area (Å²) in [5, 5.41) is 12.0. The van der Waals surface area contributed by atoms with E-state index in [2.05, 4.69) is 5.32 Å². The Labute approximate surface area is 118 Å². The molecule has 0 bridgehead atoms. The van der Waals surface area contributed by atoms with E-state index in [-0.39, 0.29) is 24.3 Å². The molecule has 1 amide bonds. The summed E-state index contributed by atoms with van der Waals surface area (Å²) in [5.41, 5.74) is -0.361. The van der Waals surface area contributed by atoms with Crippen molar-refractivity contribution in [2.75, 3.05) is 13.2 Å². The van der Waals surface area contributed by atoms with Gasteiger partial charge in [0.2, 0.25) is 0 Å². The zero-order chi connectivity index (χ0) is 15.3. The lowest BCUT2D eigenvalue weighted by atomic mass is 9.83. The lowest BCUT2D eigenvalue weighted by Crippen LogP contribution is -2.39. The van der Waals surface area contributed by atoms with Crippen LogP contribution >= 0.6 is 0 Å². The van der Waals surface area contributed by atoms with Crippen molar-refractivity contribution in [1.82, 2.24) is 5.32 Å². The average molecular weight is 285 g/mol. The maximum atomic E-state index is 13.6. The zero-order valence-corrected chi connectivity index (χ0v) is 12.1. The van der Waals surface area contributed by atoms with Gasteiger partial charge in [0, 0.05) is 18.0 Å². The van der Waals surface area contributed by atoms with Gasteiger partial charge in [0.25, 0.3) is 5.91 Å². The summed E-state index contributed by atoms with van der Waals surface area (Å²) in [6.07, 6.45) is 1.40. The Morgan fingerprint density at radius 2 is 1.85 bits per heavy atom. The minimum absolute atomic E-state index is 0.0504. The molecule has 0 spiro atoms. The number of halogens is 2. The number of nitrogens with one attached hydrogen (secondary N) is 1. The number of hydrogen-bond acceptors (Lipinski definition) is 2. The summed E-state index contributed by atoms with van der Waals surface area (Å²) in [6, 6.07) is 1.90. The van der Waals surface area contributed by atoms with E-state index < -0.39 is 23.0 Å². The van der Waals surface area contributed by atoms with E-state index in [1.165, 1.54) is 13.0 Å². The van der Waals surface area contributed by atoms with Crippen molar-refractivity contribution in [3.05, 3.63) is 34.9 Å².